The molecule has 0 aliphatic carbocycles. The Morgan fingerprint density at radius 1 is 1.06 bits per heavy atom. The number of hydrogen-bond donors (Lipinski definition) is 1. The van der Waals surface area contributed by atoms with Gasteiger partial charge in [0.05, 0.1) is 26.9 Å². The molecule has 176 valence electrons. The summed E-state index contributed by atoms with van der Waals surface area (Å²) >= 11 is 6.23. The second kappa shape index (κ2) is 9.79. The SMILES string of the molecule is Cc1c(F)c([N+](=O)[O-])cc(C(=O)Nc2cc(-c3ccccc3)ccc2N2CCN(C)CC2)c1Cl. The van der Waals surface area contributed by atoms with E-state index in [0.29, 0.717) is 5.69 Å². The molecule has 1 amide bonds. The lowest BCUT2D eigenvalue weighted by molar-refractivity contribution is -0.387. The number of carbonyl (C=O) groups is 1. The molecule has 1 N–H and O–H groups in total. The summed E-state index contributed by atoms with van der Waals surface area (Å²) in [6.45, 7) is 4.64. The maximum atomic E-state index is 14.3. The van der Waals surface area contributed by atoms with Gasteiger partial charge in [0.25, 0.3) is 5.91 Å². The smallest absolute Gasteiger partial charge is 0.305 e. The van der Waals surface area contributed by atoms with E-state index in [0.717, 1.165) is 49.1 Å². The van der Waals surface area contributed by atoms with Crippen LogP contribution in [-0.2, 0) is 0 Å². The first-order valence-electron chi connectivity index (χ1n) is 10.8. The highest BCUT2D eigenvalue weighted by Crippen LogP contribution is 2.35. The fraction of sp³-hybridized carbons (Fsp3) is 0.240. The third-order valence-corrected chi connectivity index (χ3v) is 6.53. The Bertz CT molecular complexity index is 1240. The molecule has 34 heavy (non-hydrogen) atoms. The van der Waals surface area contributed by atoms with E-state index in [9.17, 15) is 19.3 Å². The van der Waals surface area contributed by atoms with E-state index in [1.165, 1.54) is 6.92 Å². The summed E-state index contributed by atoms with van der Waals surface area (Å²) in [6.07, 6.45) is 0. The average Bonchev–Trinajstić information content (AvgIpc) is 2.83. The molecule has 0 saturated carbocycles. The quantitative estimate of drug-likeness (QED) is 0.391. The first kappa shape index (κ1) is 23.7. The number of halogens is 2. The Kier molecular flexibility index (Phi) is 6.81. The van der Waals surface area contributed by atoms with Crippen LogP contribution >= 0.6 is 11.6 Å². The van der Waals surface area contributed by atoms with Gasteiger partial charge in [0.15, 0.2) is 0 Å². The van der Waals surface area contributed by atoms with Gasteiger partial charge in [0.2, 0.25) is 5.82 Å². The molecule has 4 rings (SSSR count). The van der Waals surface area contributed by atoms with Crippen LogP contribution in [0.2, 0.25) is 5.02 Å². The number of nitrogens with zero attached hydrogens (tertiary/aromatic N) is 3. The highest BCUT2D eigenvalue weighted by molar-refractivity contribution is 6.35. The zero-order valence-corrected chi connectivity index (χ0v) is 19.6. The molecule has 0 aromatic heterocycles. The lowest BCUT2D eigenvalue weighted by atomic mass is 10.0. The minimum absolute atomic E-state index is 0.140. The van der Waals surface area contributed by atoms with Gasteiger partial charge < -0.3 is 15.1 Å². The first-order valence-corrected chi connectivity index (χ1v) is 11.2. The van der Waals surface area contributed by atoms with Crippen molar-refractivity contribution in [1.82, 2.24) is 4.90 Å². The summed E-state index contributed by atoms with van der Waals surface area (Å²) in [5.74, 6) is -1.69. The van der Waals surface area contributed by atoms with E-state index in [1.807, 2.05) is 48.5 Å². The van der Waals surface area contributed by atoms with E-state index in [2.05, 4.69) is 22.2 Å². The fourth-order valence-corrected chi connectivity index (χ4v) is 4.23. The third kappa shape index (κ3) is 4.73. The van der Waals surface area contributed by atoms with Gasteiger partial charge >= 0.3 is 5.69 Å². The van der Waals surface area contributed by atoms with Crippen LogP contribution in [0.15, 0.2) is 54.6 Å². The highest BCUT2D eigenvalue weighted by Gasteiger charge is 2.26. The van der Waals surface area contributed by atoms with Crippen molar-refractivity contribution in [2.45, 2.75) is 6.92 Å². The largest absolute Gasteiger partial charge is 0.367 e. The van der Waals surface area contributed by atoms with Gasteiger partial charge in [-0.25, -0.2) is 0 Å². The number of anilines is 2. The molecule has 7 nitrogen and oxygen atoms in total. The maximum Gasteiger partial charge on any atom is 0.305 e. The van der Waals surface area contributed by atoms with E-state index in [-0.39, 0.29) is 16.1 Å². The number of nitrogens with one attached hydrogen (secondary N) is 1. The van der Waals surface area contributed by atoms with Crippen molar-refractivity contribution < 1.29 is 14.1 Å². The van der Waals surface area contributed by atoms with Crippen LogP contribution in [-0.4, -0.2) is 49.0 Å². The number of rotatable bonds is 5. The van der Waals surface area contributed by atoms with E-state index in [4.69, 9.17) is 11.6 Å². The summed E-state index contributed by atoms with van der Waals surface area (Å²) in [6, 6.07) is 16.5. The predicted octanol–water partition coefficient (Wildman–Crippen LogP) is 5.37. The summed E-state index contributed by atoms with van der Waals surface area (Å²) in [5, 5.41) is 14.0. The molecule has 0 unspecified atom stereocenters. The summed E-state index contributed by atoms with van der Waals surface area (Å²) in [4.78, 5) is 28.1. The van der Waals surface area contributed by atoms with Crippen molar-refractivity contribution in [3.63, 3.8) is 0 Å². The average molecular weight is 483 g/mol. The van der Waals surface area contributed by atoms with Crippen LogP contribution in [0.25, 0.3) is 11.1 Å². The van der Waals surface area contributed by atoms with Gasteiger partial charge in [-0.15, -0.1) is 0 Å². The molecular formula is C25H24ClFN4O3. The standard InChI is InChI=1S/C25H24ClFN4O3/c1-16-23(26)19(15-22(24(16)27)31(33)34)25(32)28-20-14-18(17-6-4-3-5-7-17)8-9-21(20)30-12-10-29(2)11-13-30/h3-9,14-15H,10-13H2,1-2H3,(H,28,32). The van der Waals surface area contributed by atoms with Crippen molar-refractivity contribution in [2.75, 3.05) is 43.4 Å². The maximum absolute atomic E-state index is 14.3. The van der Waals surface area contributed by atoms with Crippen LogP contribution in [0.1, 0.15) is 15.9 Å². The number of piperazine rings is 1. The minimum Gasteiger partial charge on any atom is -0.367 e. The van der Waals surface area contributed by atoms with Crippen LogP contribution in [0.5, 0.6) is 0 Å². The summed E-state index contributed by atoms with van der Waals surface area (Å²) in [7, 11) is 2.06. The van der Waals surface area contributed by atoms with Crippen LogP contribution < -0.4 is 10.2 Å². The van der Waals surface area contributed by atoms with Crippen LogP contribution in [0.4, 0.5) is 21.5 Å². The van der Waals surface area contributed by atoms with Gasteiger partial charge in [-0.2, -0.15) is 4.39 Å². The molecular weight excluding hydrogens is 459 g/mol. The summed E-state index contributed by atoms with van der Waals surface area (Å²) < 4.78 is 14.3. The Morgan fingerprint density at radius 3 is 2.38 bits per heavy atom. The number of nitro benzene ring substituents is 1. The predicted molar refractivity (Wildman–Crippen MR) is 132 cm³/mol. The van der Waals surface area contributed by atoms with Gasteiger partial charge in [0, 0.05) is 37.8 Å². The van der Waals surface area contributed by atoms with Crippen LogP contribution in [0.3, 0.4) is 0 Å². The zero-order chi connectivity index (χ0) is 24.4. The number of likely N-dealkylation sites (N-methyl/N-ethyl adjacent to an activating group) is 1. The monoisotopic (exact) mass is 482 g/mol. The van der Waals surface area contributed by atoms with Crippen molar-refractivity contribution >= 4 is 34.6 Å². The Hall–Kier alpha value is -3.49. The Balaban J connectivity index is 1.75. The van der Waals surface area contributed by atoms with Gasteiger partial charge in [-0.1, -0.05) is 48.0 Å². The molecule has 1 saturated heterocycles. The third-order valence-electron chi connectivity index (χ3n) is 6.04. The van der Waals surface area contributed by atoms with E-state index in [1.54, 1.807) is 0 Å². The molecule has 1 fully saturated rings. The fourth-order valence-electron chi connectivity index (χ4n) is 4.01. The number of nitro groups is 1. The minimum atomic E-state index is -1.05. The molecule has 9 heteroatoms. The first-order chi connectivity index (χ1) is 16.3. The second-order valence-electron chi connectivity index (χ2n) is 8.30. The zero-order valence-electron chi connectivity index (χ0n) is 18.8. The summed E-state index contributed by atoms with van der Waals surface area (Å²) in [5.41, 5.74) is 2.20. The molecule has 1 aliphatic rings. The van der Waals surface area contributed by atoms with Gasteiger partial charge in [-0.3, -0.25) is 14.9 Å². The molecule has 3 aromatic carbocycles. The van der Waals surface area contributed by atoms with E-state index < -0.39 is 22.3 Å². The normalized spacial score (nSPS) is 14.2. The van der Waals surface area contributed by atoms with Gasteiger partial charge in [0.1, 0.15) is 0 Å². The van der Waals surface area contributed by atoms with E-state index >= 15 is 0 Å². The molecule has 0 bridgehead atoms. The molecule has 0 atom stereocenters. The lowest BCUT2D eigenvalue weighted by Gasteiger charge is -2.35. The second-order valence-corrected chi connectivity index (χ2v) is 8.67. The molecule has 1 aliphatic heterocycles. The lowest BCUT2D eigenvalue weighted by Crippen LogP contribution is -2.44. The van der Waals surface area contributed by atoms with Crippen molar-refractivity contribution in [3.8, 4) is 11.1 Å². The number of carbonyl (C=O) groups excluding carboxylic acids is 1. The topological polar surface area (TPSA) is 78.7 Å². The molecule has 0 spiro atoms. The molecule has 0 radical (unpaired) electrons. The van der Waals surface area contributed by atoms with Gasteiger partial charge in [-0.05, 0) is 37.2 Å². The van der Waals surface area contributed by atoms with Crippen LogP contribution in [0, 0.1) is 22.9 Å². The Labute approximate surface area is 201 Å². The van der Waals surface area contributed by atoms with Crippen molar-refractivity contribution in [3.05, 3.63) is 86.7 Å². The Morgan fingerprint density at radius 2 is 1.74 bits per heavy atom. The molecule has 3 aromatic rings. The number of benzene rings is 3. The van der Waals surface area contributed by atoms with Crippen molar-refractivity contribution in [2.24, 2.45) is 0 Å². The number of amides is 1. The number of hydrogen-bond acceptors (Lipinski definition) is 5. The highest BCUT2D eigenvalue weighted by atomic mass is 35.5. The van der Waals surface area contributed by atoms with Crippen molar-refractivity contribution in [1.29, 1.82) is 0 Å². The molecule has 1 heterocycles.